The van der Waals surface area contributed by atoms with Crippen molar-refractivity contribution in [2.45, 2.75) is 33.1 Å². The predicted octanol–water partition coefficient (Wildman–Crippen LogP) is 1.56. The molecule has 1 fully saturated rings. The minimum atomic E-state index is -1.05. The van der Waals surface area contributed by atoms with Crippen molar-refractivity contribution >= 4 is 11.9 Å². The van der Waals surface area contributed by atoms with Crippen LogP contribution < -0.4 is 0 Å². The second-order valence-corrected chi connectivity index (χ2v) is 5.70. The standard InChI is InChI=1S/C15H22N2O4/c1-9-12(10(2)16-13(9)15(20)21)14(19)17-6-3-4-11(8-17)5-7-18/h11,16,18H,3-8H2,1-2H3,(H,20,21). The van der Waals surface area contributed by atoms with Crippen LogP contribution in [0.4, 0.5) is 0 Å². The number of carbonyl (C=O) groups is 2. The lowest BCUT2D eigenvalue weighted by molar-refractivity contribution is 0.0652. The van der Waals surface area contributed by atoms with E-state index < -0.39 is 5.97 Å². The number of carboxylic acids is 1. The Kier molecular flexibility index (Phi) is 4.67. The Labute approximate surface area is 123 Å². The normalized spacial score (nSPS) is 18.8. The summed E-state index contributed by atoms with van der Waals surface area (Å²) >= 11 is 0. The number of nitrogens with zero attached hydrogens (tertiary/aromatic N) is 1. The molecule has 2 rings (SSSR count). The van der Waals surface area contributed by atoms with Crippen molar-refractivity contribution in [1.29, 1.82) is 0 Å². The van der Waals surface area contributed by atoms with Gasteiger partial charge in [0.2, 0.25) is 0 Å². The predicted molar refractivity (Wildman–Crippen MR) is 77.6 cm³/mol. The molecule has 0 bridgehead atoms. The Morgan fingerprint density at radius 3 is 2.67 bits per heavy atom. The van der Waals surface area contributed by atoms with E-state index in [1.807, 2.05) is 0 Å². The minimum Gasteiger partial charge on any atom is -0.477 e. The molecule has 1 amide bonds. The number of aliphatic hydroxyl groups is 1. The second kappa shape index (κ2) is 6.30. The van der Waals surface area contributed by atoms with Gasteiger partial charge in [0.15, 0.2) is 0 Å². The smallest absolute Gasteiger partial charge is 0.352 e. The number of amides is 1. The van der Waals surface area contributed by atoms with Crippen LogP contribution in [0.2, 0.25) is 0 Å². The van der Waals surface area contributed by atoms with Gasteiger partial charge < -0.3 is 20.1 Å². The number of aryl methyl sites for hydroxylation is 1. The zero-order chi connectivity index (χ0) is 15.6. The van der Waals surface area contributed by atoms with Crippen molar-refractivity contribution < 1.29 is 19.8 Å². The van der Waals surface area contributed by atoms with Gasteiger partial charge in [-0.3, -0.25) is 4.79 Å². The van der Waals surface area contributed by atoms with Crippen LogP contribution in [0, 0.1) is 19.8 Å². The van der Waals surface area contributed by atoms with Crippen LogP contribution in [0.3, 0.4) is 0 Å². The molecule has 1 unspecified atom stereocenters. The van der Waals surface area contributed by atoms with E-state index >= 15 is 0 Å². The highest BCUT2D eigenvalue weighted by atomic mass is 16.4. The van der Waals surface area contributed by atoms with Gasteiger partial charge in [0.25, 0.3) is 5.91 Å². The third kappa shape index (κ3) is 3.10. The van der Waals surface area contributed by atoms with Crippen molar-refractivity contribution in [3.63, 3.8) is 0 Å². The number of aromatic amines is 1. The second-order valence-electron chi connectivity index (χ2n) is 5.70. The molecule has 1 aliphatic heterocycles. The number of carboxylic acid groups (broad SMARTS) is 1. The Bertz CT molecular complexity index is 548. The van der Waals surface area contributed by atoms with Crippen LogP contribution in [-0.2, 0) is 0 Å². The van der Waals surface area contributed by atoms with Crippen LogP contribution in [0.15, 0.2) is 0 Å². The highest BCUT2D eigenvalue weighted by molar-refractivity contribution is 6.00. The first kappa shape index (κ1) is 15.6. The number of H-pyrrole nitrogens is 1. The molecule has 6 heteroatoms. The number of aromatic carboxylic acids is 1. The van der Waals surface area contributed by atoms with Gasteiger partial charge in [-0.25, -0.2) is 4.79 Å². The fraction of sp³-hybridized carbons (Fsp3) is 0.600. The topological polar surface area (TPSA) is 93.6 Å². The number of hydrogen-bond donors (Lipinski definition) is 3. The molecule has 2 heterocycles. The summed E-state index contributed by atoms with van der Waals surface area (Å²) < 4.78 is 0. The maximum Gasteiger partial charge on any atom is 0.352 e. The molecule has 0 spiro atoms. The van der Waals surface area contributed by atoms with E-state index in [0.717, 1.165) is 12.8 Å². The number of nitrogens with one attached hydrogen (secondary N) is 1. The highest BCUT2D eigenvalue weighted by Gasteiger charge is 2.28. The minimum absolute atomic E-state index is 0.0831. The van der Waals surface area contributed by atoms with Crippen molar-refractivity contribution in [3.8, 4) is 0 Å². The summed E-state index contributed by atoms with van der Waals surface area (Å²) in [6, 6.07) is 0. The molecule has 1 aromatic rings. The van der Waals surface area contributed by atoms with E-state index in [1.54, 1.807) is 18.7 Å². The van der Waals surface area contributed by atoms with E-state index in [0.29, 0.717) is 42.2 Å². The van der Waals surface area contributed by atoms with Crippen molar-refractivity contribution in [2.24, 2.45) is 5.92 Å². The average Bonchev–Trinajstić information content (AvgIpc) is 2.74. The van der Waals surface area contributed by atoms with Gasteiger partial charge in [0.1, 0.15) is 5.69 Å². The van der Waals surface area contributed by atoms with Gasteiger partial charge in [-0.05, 0) is 44.6 Å². The molecule has 0 aliphatic carbocycles. The van der Waals surface area contributed by atoms with Crippen LogP contribution in [0.25, 0.3) is 0 Å². The Balaban J connectivity index is 2.22. The molecule has 21 heavy (non-hydrogen) atoms. The van der Waals surface area contributed by atoms with Crippen molar-refractivity contribution in [3.05, 3.63) is 22.5 Å². The van der Waals surface area contributed by atoms with Crippen LogP contribution in [-0.4, -0.2) is 51.7 Å². The first-order valence-corrected chi connectivity index (χ1v) is 7.28. The van der Waals surface area contributed by atoms with Gasteiger partial charge in [-0.2, -0.15) is 0 Å². The lowest BCUT2D eigenvalue weighted by Gasteiger charge is -2.32. The summed E-state index contributed by atoms with van der Waals surface area (Å²) in [5.74, 6) is -0.839. The molecular formula is C15H22N2O4. The number of likely N-dealkylation sites (tertiary alicyclic amines) is 1. The van der Waals surface area contributed by atoms with E-state index in [1.165, 1.54) is 0 Å². The molecule has 1 aliphatic rings. The Morgan fingerprint density at radius 1 is 1.38 bits per heavy atom. The summed E-state index contributed by atoms with van der Waals surface area (Å²) in [5, 5.41) is 18.2. The first-order valence-electron chi connectivity index (χ1n) is 7.28. The summed E-state index contributed by atoms with van der Waals surface area (Å²) in [6.45, 7) is 4.84. The van der Waals surface area contributed by atoms with Crippen LogP contribution in [0.5, 0.6) is 0 Å². The van der Waals surface area contributed by atoms with Crippen molar-refractivity contribution in [2.75, 3.05) is 19.7 Å². The monoisotopic (exact) mass is 294 g/mol. The van der Waals surface area contributed by atoms with E-state index in [4.69, 9.17) is 10.2 Å². The highest BCUT2D eigenvalue weighted by Crippen LogP contribution is 2.24. The van der Waals surface area contributed by atoms with Gasteiger partial charge in [-0.1, -0.05) is 0 Å². The fourth-order valence-corrected chi connectivity index (χ4v) is 3.11. The van der Waals surface area contributed by atoms with Crippen LogP contribution in [0.1, 0.15) is 51.4 Å². The number of aromatic nitrogens is 1. The largest absolute Gasteiger partial charge is 0.477 e. The Morgan fingerprint density at radius 2 is 2.10 bits per heavy atom. The number of aliphatic hydroxyl groups excluding tert-OH is 1. The molecule has 0 radical (unpaired) electrons. The van der Waals surface area contributed by atoms with E-state index in [-0.39, 0.29) is 18.2 Å². The third-order valence-electron chi connectivity index (χ3n) is 4.21. The van der Waals surface area contributed by atoms with Crippen molar-refractivity contribution in [1.82, 2.24) is 9.88 Å². The first-order chi connectivity index (χ1) is 9.95. The van der Waals surface area contributed by atoms with Gasteiger partial charge >= 0.3 is 5.97 Å². The zero-order valence-corrected chi connectivity index (χ0v) is 12.5. The van der Waals surface area contributed by atoms with E-state index in [2.05, 4.69) is 4.98 Å². The number of piperidine rings is 1. The van der Waals surface area contributed by atoms with Gasteiger partial charge in [0.05, 0.1) is 5.56 Å². The maximum atomic E-state index is 12.7. The molecule has 6 nitrogen and oxygen atoms in total. The summed E-state index contributed by atoms with van der Waals surface area (Å²) in [5.41, 5.74) is 1.64. The summed E-state index contributed by atoms with van der Waals surface area (Å²) in [7, 11) is 0. The summed E-state index contributed by atoms with van der Waals surface area (Å²) in [4.78, 5) is 28.4. The average molecular weight is 294 g/mol. The molecular weight excluding hydrogens is 272 g/mol. The Hall–Kier alpha value is -1.82. The fourth-order valence-electron chi connectivity index (χ4n) is 3.11. The van der Waals surface area contributed by atoms with Crippen LogP contribution >= 0.6 is 0 Å². The summed E-state index contributed by atoms with van der Waals surface area (Å²) in [6.07, 6.45) is 2.65. The zero-order valence-electron chi connectivity index (χ0n) is 12.5. The lowest BCUT2D eigenvalue weighted by Crippen LogP contribution is -2.40. The molecule has 116 valence electrons. The SMILES string of the molecule is Cc1[nH]c(C(=O)O)c(C)c1C(=O)N1CCCC(CCO)C1. The molecule has 0 aromatic carbocycles. The number of rotatable bonds is 4. The quantitative estimate of drug-likeness (QED) is 0.785. The maximum absolute atomic E-state index is 12.7. The molecule has 3 N–H and O–H groups in total. The van der Waals surface area contributed by atoms with E-state index in [9.17, 15) is 9.59 Å². The van der Waals surface area contributed by atoms with Gasteiger partial charge in [0, 0.05) is 25.4 Å². The lowest BCUT2D eigenvalue weighted by atomic mass is 9.94. The van der Waals surface area contributed by atoms with Gasteiger partial charge in [-0.15, -0.1) is 0 Å². The molecule has 0 saturated carbocycles. The molecule has 1 aromatic heterocycles. The number of carbonyl (C=O) groups excluding carboxylic acids is 1. The number of hydrogen-bond acceptors (Lipinski definition) is 3. The third-order valence-corrected chi connectivity index (χ3v) is 4.21. The molecule has 1 saturated heterocycles. The molecule has 1 atom stereocenters.